The SMILES string of the molecule is CCNC1CCCC1CCSc1ccc(F)cc1F. The van der Waals surface area contributed by atoms with Crippen molar-refractivity contribution in [2.75, 3.05) is 12.3 Å². The first-order valence-corrected chi connectivity index (χ1v) is 8.00. The zero-order valence-electron chi connectivity index (χ0n) is 11.3. The summed E-state index contributed by atoms with van der Waals surface area (Å²) in [5.74, 6) is 0.648. The maximum absolute atomic E-state index is 13.5. The average Bonchev–Trinajstić information content (AvgIpc) is 2.80. The molecule has 1 aliphatic carbocycles. The second kappa shape index (κ2) is 7.25. The van der Waals surface area contributed by atoms with Crippen LogP contribution in [0.1, 0.15) is 32.6 Å². The zero-order valence-corrected chi connectivity index (χ0v) is 12.1. The van der Waals surface area contributed by atoms with Gasteiger partial charge in [0.05, 0.1) is 0 Å². The summed E-state index contributed by atoms with van der Waals surface area (Å²) in [7, 11) is 0. The summed E-state index contributed by atoms with van der Waals surface area (Å²) >= 11 is 1.49. The Morgan fingerprint density at radius 2 is 2.16 bits per heavy atom. The summed E-state index contributed by atoms with van der Waals surface area (Å²) in [6.07, 6.45) is 4.91. The van der Waals surface area contributed by atoms with Crippen molar-refractivity contribution < 1.29 is 8.78 Å². The van der Waals surface area contributed by atoms with E-state index in [9.17, 15) is 8.78 Å². The normalized spacial score (nSPS) is 22.9. The van der Waals surface area contributed by atoms with E-state index in [0.29, 0.717) is 16.9 Å². The highest BCUT2D eigenvalue weighted by Crippen LogP contribution is 2.31. The molecule has 1 nitrogen and oxygen atoms in total. The second-order valence-electron chi connectivity index (χ2n) is 5.07. The van der Waals surface area contributed by atoms with E-state index in [1.807, 2.05) is 0 Å². The van der Waals surface area contributed by atoms with Crippen LogP contribution in [0.25, 0.3) is 0 Å². The van der Waals surface area contributed by atoms with E-state index in [0.717, 1.165) is 24.8 Å². The molecule has 2 unspecified atom stereocenters. The van der Waals surface area contributed by atoms with Crippen molar-refractivity contribution in [3.8, 4) is 0 Å². The van der Waals surface area contributed by atoms with Crippen molar-refractivity contribution in [1.29, 1.82) is 0 Å². The minimum Gasteiger partial charge on any atom is -0.314 e. The van der Waals surface area contributed by atoms with Gasteiger partial charge in [-0.1, -0.05) is 13.3 Å². The predicted octanol–water partition coefficient (Wildman–Crippen LogP) is 4.23. The largest absolute Gasteiger partial charge is 0.314 e. The van der Waals surface area contributed by atoms with Crippen molar-refractivity contribution in [1.82, 2.24) is 5.32 Å². The maximum atomic E-state index is 13.5. The third-order valence-electron chi connectivity index (χ3n) is 3.77. The molecular formula is C15H21F2NS. The first-order valence-electron chi connectivity index (χ1n) is 7.02. The standard InChI is InChI=1S/C15H21F2NS/c1-2-18-14-5-3-4-11(14)8-9-19-15-7-6-12(16)10-13(15)17/h6-7,10-11,14,18H,2-5,8-9H2,1H3. The molecule has 0 bridgehead atoms. The van der Waals surface area contributed by atoms with Gasteiger partial charge in [-0.2, -0.15) is 0 Å². The molecule has 1 fully saturated rings. The van der Waals surface area contributed by atoms with E-state index >= 15 is 0 Å². The summed E-state index contributed by atoms with van der Waals surface area (Å²) in [6, 6.07) is 4.44. The predicted molar refractivity (Wildman–Crippen MR) is 76.5 cm³/mol. The van der Waals surface area contributed by atoms with Gasteiger partial charge in [0.2, 0.25) is 0 Å². The fourth-order valence-electron chi connectivity index (χ4n) is 2.83. The summed E-state index contributed by atoms with van der Waals surface area (Å²) in [5, 5.41) is 3.53. The van der Waals surface area contributed by atoms with Crippen molar-refractivity contribution in [3.05, 3.63) is 29.8 Å². The number of nitrogens with one attached hydrogen (secondary N) is 1. The monoisotopic (exact) mass is 285 g/mol. The number of halogens is 2. The zero-order chi connectivity index (χ0) is 13.7. The van der Waals surface area contributed by atoms with E-state index in [-0.39, 0.29) is 0 Å². The molecule has 0 aromatic heterocycles. The van der Waals surface area contributed by atoms with Crippen molar-refractivity contribution >= 4 is 11.8 Å². The van der Waals surface area contributed by atoms with Crippen LogP contribution >= 0.6 is 11.8 Å². The van der Waals surface area contributed by atoms with Gasteiger partial charge in [-0.3, -0.25) is 0 Å². The summed E-state index contributed by atoms with van der Waals surface area (Å²) < 4.78 is 26.3. The van der Waals surface area contributed by atoms with Gasteiger partial charge in [0, 0.05) is 17.0 Å². The summed E-state index contributed by atoms with van der Waals surface area (Å²) in [4.78, 5) is 0.555. The Morgan fingerprint density at radius 1 is 1.32 bits per heavy atom. The van der Waals surface area contributed by atoms with Gasteiger partial charge in [-0.15, -0.1) is 11.8 Å². The van der Waals surface area contributed by atoms with E-state index in [2.05, 4.69) is 12.2 Å². The molecule has 1 aromatic rings. The highest BCUT2D eigenvalue weighted by molar-refractivity contribution is 7.99. The molecule has 0 aliphatic heterocycles. The Hall–Kier alpha value is -0.610. The van der Waals surface area contributed by atoms with Crippen LogP contribution in [0, 0.1) is 17.6 Å². The minimum atomic E-state index is -0.509. The van der Waals surface area contributed by atoms with E-state index in [1.54, 1.807) is 0 Å². The third kappa shape index (κ3) is 4.18. The molecule has 0 spiro atoms. The lowest BCUT2D eigenvalue weighted by molar-refractivity contribution is 0.400. The van der Waals surface area contributed by atoms with Crippen LogP contribution in [0.4, 0.5) is 8.78 Å². The quantitative estimate of drug-likeness (QED) is 0.785. The number of hydrogen-bond acceptors (Lipinski definition) is 2. The van der Waals surface area contributed by atoms with Crippen LogP contribution in [0.2, 0.25) is 0 Å². The Kier molecular flexibility index (Phi) is 5.64. The first kappa shape index (κ1) is 14.8. The lowest BCUT2D eigenvalue weighted by Gasteiger charge is -2.20. The van der Waals surface area contributed by atoms with Gasteiger partial charge in [0.15, 0.2) is 0 Å². The molecule has 0 heterocycles. The molecular weight excluding hydrogens is 264 g/mol. The lowest BCUT2D eigenvalue weighted by atomic mass is 10.0. The van der Waals surface area contributed by atoms with Crippen LogP contribution in [-0.2, 0) is 0 Å². The molecule has 1 aliphatic rings. The number of rotatable bonds is 6. The van der Waals surface area contributed by atoms with Gasteiger partial charge in [-0.25, -0.2) is 8.78 Å². The first-order chi connectivity index (χ1) is 9.20. The highest BCUT2D eigenvalue weighted by Gasteiger charge is 2.25. The minimum absolute atomic E-state index is 0.445. The molecule has 0 radical (unpaired) electrons. The molecule has 106 valence electrons. The van der Waals surface area contributed by atoms with Gasteiger partial charge in [0.25, 0.3) is 0 Å². The van der Waals surface area contributed by atoms with Crippen LogP contribution < -0.4 is 5.32 Å². The fourth-order valence-corrected chi connectivity index (χ4v) is 3.83. The topological polar surface area (TPSA) is 12.0 Å². The molecule has 2 rings (SSSR count). The molecule has 0 saturated heterocycles. The molecule has 4 heteroatoms. The van der Waals surface area contributed by atoms with Gasteiger partial charge >= 0.3 is 0 Å². The third-order valence-corrected chi connectivity index (χ3v) is 4.85. The number of thioether (sulfide) groups is 1. The molecule has 19 heavy (non-hydrogen) atoms. The Morgan fingerprint density at radius 3 is 2.89 bits per heavy atom. The van der Waals surface area contributed by atoms with Crippen LogP contribution in [0.5, 0.6) is 0 Å². The molecule has 1 saturated carbocycles. The number of hydrogen-bond donors (Lipinski definition) is 1. The van der Waals surface area contributed by atoms with Crippen molar-refractivity contribution in [3.63, 3.8) is 0 Å². The van der Waals surface area contributed by atoms with E-state index in [4.69, 9.17) is 0 Å². The lowest BCUT2D eigenvalue weighted by Crippen LogP contribution is -2.32. The fraction of sp³-hybridized carbons (Fsp3) is 0.600. The van der Waals surface area contributed by atoms with Gasteiger partial charge in [-0.05, 0) is 49.6 Å². The molecule has 2 atom stereocenters. The molecule has 1 N–H and O–H groups in total. The number of benzene rings is 1. The van der Waals surface area contributed by atoms with Gasteiger partial charge in [0.1, 0.15) is 11.6 Å². The Labute approximate surface area is 118 Å². The summed E-state index contributed by atoms with van der Waals surface area (Å²) in [5.41, 5.74) is 0. The van der Waals surface area contributed by atoms with Crippen LogP contribution in [0.15, 0.2) is 23.1 Å². The average molecular weight is 285 g/mol. The van der Waals surface area contributed by atoms with E-state index in [1.165, 1.54) is 43.2 Å². The van der Waals surface area contributed by atoms with Crippen LogP contribution in [-0.4, -0.2) is 18.3 Å². The molecule has 1 aromatic carbocycles. The maximum Gasteiger partial charge on any atom is 0.139 e. The van der Waals surface area contributed by atoms with Gasteiger partial charge < -0.3 is 5.32 Å². The molecule has 0 amide bonds. The second-order valence-corrected chi connectivity index (χ2v) is 6.20. The van der Waals surface area contributed by atoms with Crippen molar-refractivity contribution in [2.45, 2.75) is 43.5 Å². The highest BCUT2D eigenvalue weighted by atomic mass is 32.2. The van der Waals surface area contributed by atoms with E-state index < -0.39 is 11.6 Å². The summed E-state index contributed by atoms with van der Waals surface area (Å²) in [6.45, 7) is 3.15. The van der Waals surface area contributed by atoms with Crippen molar-refractivity contribution in [2.24, 2.45) is 5.92 Å². The smallest absolute Gasteiger partial charge is 0.139 e. The Balaban J connectivity index is 1.79. The van der Waals surface area contributed by atoms with Crippen LogP contribution in [0.3, 0.4) is 0 Å². The Bertz CT molecular complexity index is 411.